The second-order valence-electron chi connectivity index (χ2n) is 6.78. The highest BCUT2D eigenvalue weighted by Crippen LogP contribution is 2.22. The summed E-state index contributed by atoms with van der Waals surface area (Å²) in [6.45, 7) is 1.73. The Kier molecular flexibility index (Phi) is 6.34. The molecule has 1 fully saturated rings. The lowest BCUT2D eigenvalue weighted by Crippen LogP contribution is -2.49. The first-order chi connectivity index (χ1) is 14.5. The Morgan fingerprint density at radius 1 is 1.06 bits per heavy atom. The van der Waals surface area contributed by atoms with Gasteiger partial charge in [0.15, 0.2) is 0 Å². The molecule has 0 spiro atoms. The fourth-order valence-corrected chi connectivity index (χ4v) is 5.46. The molecule has 1 heterocycles. The molecule has 2 N–H and O–H groups in total. The van der Waals surface area contributed by atoms with Crippen molar-refractivity contribution in [2.75, 3.05) is 26.7 Å². The van der Waals surface area contributed by atoms with Crippen LogP contribution in [0.2, 0.25) is 0 Å². The summed E-state index contributed by atoms with van der Waals surface area (Å²) < 4.78 is 58.4. The van der Waals surface area contributed by atoms with E-state index in [-0.39, 0.29) is 35.0 Å². The fraction of sp³-hybridized carbons (Fsp3) is 0.263. The van der Waals surface area contributed by atoms with Crippen molar-refractivity contribution in [3.8, 4) is 5.75 Å². The average molecular weight is 468 g/mol. The first-order valence-corrected chi connectivity index (χ1v) is 12.1. The summed E-state index contributed by atoms with van der Waals surface area (Å²) in [6, 6.07) is 8.98. The predicted octanol–water partition coefficient (Wildman–Crippen LogP) is 0.243. The van der Waals surface area contributed by atoms with E-state index in [1.165, 1.54) is 49.6 Å². The maximum atomic E-state index is 12.7. The quantitative estimate of drug-likeness (QED) is 0.620. The third kappa shape index (κ3) is 4.86. The summed E-state index contributed by atoms with van der Waals surface area (Å²) in [5.74, 6) is -0.798. The van der Waals surface area contributed by atoms with Crippen molar-refractivity contribution in [3.63, 3.8) is 0 Å². The van der Waals surface area contributed by atoms with Gasteiger partial charge in [0, 0.05) is 18.7 Å². The van der Waals surface area contributed by atoms with E-state index in [4.69, 9.17) is 4.74 Å². The zero-order valence-electron chi connectivity index (χ0n) is 16.8. The molecule has 31 heavy (non-hydrogen) atoms. The highest BCUT2D eigenvalue weighted by molar-refractivity contribution is 7.90. The number of sulfonamides is 2. The van der Waals surface area contributed by atoms with Crippen LogP contribution in [0.25, 0.3) is 0 Å². The molecule has 0 unspecified atom stereocenters. The molecule has 1 aliphatic heterocycles. The van der Waals surface area contributed by atoms with E-state index in [9.17, 15) is 26.4 Å². The van der Waals surface area contributed by atoms with Crippen LogP contribution in [0, 0.1) is 6.92 Å². The van der Waals surface area contributed by atoms with Crippen LogP contribution in [0.4, 0.5) is 0 Å². The Labute approximate surface area is 180 Å². The summed E-state index contributed by atoms with van der Waals surface area (Å²) >= 11 is 0. The number of nitrogens with one attached hydrogen (secondary N) is 2. The molecular weight excluding hydrogens is 446 g/mol. The summed E-state index contributed by atoms with van der Waals surface area (Å²) in [7, 11) is -6.60. The molecule has 1 saturated heterocycles. The summed E-state index contributed by atoms with van der Waals surface area (Å²) in [5, 5.41) is 2.54. The zero-order valence-corrected chi connectivity index (χ0v) is 18.4. The van der Waals surface area contributed by atoms with Gasteiger partial charge in [-0.3, -0.25) is 9.59 Å². The molecule has 0 aliphatic carbocycles. The Morgan fingerprint density at radius 3 is 2.29 bits per heavy atom. The van der Waals surface area contributed by atoms with Crippen LogP contribution in [-0.4, -0.2) is 59.7 Å². The van der Waals surface area contributed by atoms with E-state index in [0.29, 0.717) is 11.3 Å². The number of nitrogens with zero attached hydrogens (tertiary/aromatic N) is 1. The minimum Gasteiger partial charge on any atom is -0.496 e. The SMILES string of the molecule is COc1ccc(S(=O)(=O)NC(=O)c2ccc(S(=O)(=O)N3CCNC(=O)C3)cc2)cc1C. The zero-order chi connectivity index (χ0) is 22.8. The van der Waals surface area contributed by atoms with Crippen LogP contribution in [0.3, 0.4) is 0 Å². The Bertz CT molecular complexity index is 1220. The van der Waals surface area contributed by atoms with Crippen LogP contribution in [0.1, 0.15) is 15.9 Å². The van der Waals surface area contributed by atoms with Crippen molar-refractivity contribution < 1.29 is 31.2 Å². The van der Waals surface area contributed by atoms with Crippen molar-refractivity contribution in [1.29, 1.82) is 0 Å². The van der Waals surface area contributed by atoms with Crippen LogP contribution in [0.15, 0.2) is 52.3 Å². The van der Waals surface area contributed by atoms with Gasteiger partial charge < -0.3 is 10.1 Å². The van der Waals surface area contributed by atoms with Gasteiger partial charge in [0.25, 0.3) is 15.9 Å². The molecule has 0 aromatic heterocycles. The largest absolute Gasteiger partial charge is 0.496 e. The van der Waals surface area contributed by atoms with Crippen molar-refractivity contribution in [2.24, 2.45) is 0 Å². The number of amides is 2. The number of methoxy groups -OCH3 is 1. The van der Waals surface area contributed by atoms with Crippen LogP contribution in [-0.2, 0) is 24.8 Å². The fourth-order valence-electron chi connectivity index (χ4n) is 3.01. The summed E-state index contributed by atoms with van der Waals surface area (Å²) in [4.78, 5) is 23.7. The molecule has 2 amide bonds. The van der Waals surface area contributed by atoms with Gasteiger partial charge in [-0.1, -0.05) is 0 Å². The second-order valence-corrected chi connectivity index (χ2v) is 10.4. The first kappa shape index (κ1) is 22.7. The van der Waals surface area contributed by atoms with Gasteiger partial charge in [-0.15, -0.1) is 0 Å². The lowest BCUT2D eigenvalue weighted by molar-refractivity contribution is -0.122. The van der Waals surface area contributed by atoms with E-state index in [2.05, 4.69) is 5.32 Å². The summed E-state index contributed by atoms with van der Waals surface area (Å²) in [5.41, 5.74) is 0.544. The molecule has 0 radical (unpaired) electrons. The van der Waals surface area contributed by atoms with Crippen molar-refractivity contribution in [2.45, 2.75) is 16.7 Å². The van der Waals surface area contributed by atoms with Gasteiger partial charge in [0.2, 0.25) is 15.9 Å². The van der Waals surface area contributed by atoms with E-state index in [1.54, 1.807) is 6.92 Å². The molecule has 2 aromatic rings. The molecule has 0 atom stereocenters. The van der Waals surface area contributed by atoms with Gasteiger partial charge >= 0.3 is 0 Å². The van der Waals surface area contributed by atoms with Gasteiger partial charge in [0.05, 0.1) is 23.4 Å². The maximum absolute atomic E-state index is 12.7. The van der Waals surface area contributed by atoms with Crippen LogP contribution < -0.4 is 14.8 Å². The number of hydrogen-bond acceptors (Lipinski definition) is 7. The molecule has 10 nitrogen and oxygen atoms in total. The Hall–Kier alpha value is -2.96. The lowest BCUT2D eigenvalue weighted by Gasteiger charge is -2.25. The first-order valence-electron chi connectivity index (χ1n) is 9.13. The number of carbonyl (C=O) groups is 2. The molecule has 2 aromatic carbocycles. The smallest absolute Gasteiger partial charge is 0.264 e. The van der Waals surface area contributed by atoms with Gasteiger partial charge in [-0.25, -0.2) is 21.6 Å². The number of benzene rings is 2. The molecule has 1 aliphatic rings. The van der Waals surface area contributed by atoms with Crippen molar-refractivity contribution in [3.05, 3.63) is 53.6 Å². The second kappa shape index (κ2) is 8.65. The number of ether oxygens (including phenoxy) is 1. The molecule has 0 bridgehead atoms. The number of piperazine rings is 1. The lowest BCUT2D eigenvalue weighted by atomic mass is 10.2. The normalized spacial score (nSPS) is 15.2. The minimum atomic E-state index is -4.14. The van der Waals surface area contributed by atoms with E-state index >= 15 is 0 Å². The van der Waals surface area contributed by atoms with Crippen molar-refractivity contribution >= 4 is 31.9 Å². The topological polar surface area (TPSA) is 139 Å². The van der Waals surface area contributed by atoms with Gasteiger partial charge in [0.1, 0.15) is 5.75 Å². The molecule has 166 valence electrons. The van der Waals surface area contributed by atoms with Crippen LogP contribution in [0.5, 0.6) is 5.75 Å². The van der Waals surface area contributed by atoms with E-state index < -0.39 is 31.9 Å². The standard InChI is InChI=1S/C19H21N3O7S2/c1-13-11-16(7-8-17(13)29-2)30(25,26)21-19(24)14-3-5-15(6-4-14)31(27,28)22-10-9-20-18(23)12-22/h3-8,11H,9-10,12H2,1-2H3,(H,20,23)(H,21,24). The van der Waals surface area contributed by atoms with Gasteiger partial charge in [-0.05, 0) is 55.0 Å². The molecule has 12 heteroatoms. The molecule has 0 saturated carbocycles. The molecule has 3 rings (SSSR count). The van der Waals surface area contributed by atoms with Crippen molar-refractivity contribution in [1.82, 2.24) is 14.3 Å². The summed E-state index contributed by atoms with van der Waals surface area (Å²) in [6.07, 6.45) is 0. The number of aryl methyl sites for hydroxylation is 1. The van der Waals surface area contributed by atoms with E-state index in [0.717, 1.165) is 4.31 Å². The van der Waals surface area contributed by atoms with Crippen LogP contribution >= 0.6 is 0 Å². The Balaban J connectivity index is 1.77. The number of carbonyl (C=O) groups excluding carboxylic acids is 2. The van der Waals surface area contributed by atoms with Gasteiger partial charge in [-0.2, -0.15) is 4.31 Å². The predicted molar refractivity (Wildman–Crippen MR) is 111 cm³/mol. The Morgan fingerprint density at radius 2 is 1.71 bits per heavy atom. The van der Waals surface area contributed by atoms with E-state index in [1.807, 2.05) is 4.72 Å². The highest BCUT2D eigenvalue weighted by atomic mass is 32.2. The number of rotatable bonds is 6. The third-order valence-electron chi connectivity index (χ3n) is 4.66. The monoisotopic (exact) mass is 467 g/mol. The minimum absolute atomic E-state index is 0.0378. The number of hydrogen-bond donors (Lipinski definition) is 2. The third-order valence-corrected chi connectivity index (χ3v) is 7.85. The highest BCUT2D eigenvalue weighted by Gasteiger charge is 2.29. The maximum Gasteiger partial charge on any atom is 0.264 e. The molecular formula is C19H21N3O7S2. The average Bonchev–Trinajstić information content (AvgIpc) is 2.73.